The van der Waals surface area contributed by atoms with Crippen molar-refractivity contribution in [2.75, 3.05) is 19.8 Å². The van der Waals surface area contributed by atoms with Crippen molar-refractivity contribution in [3.8, 4) is 5.75 Å². The lowest BCUT2D eigenvalue weighted by molar-refractivity contribution is -0.192. The SMILES string of the molecule is FCC[C@H]1C[C@@H]1c1cncc(OC[C@@H]2CCN2)c1.O=C(O)C(F)(F)F. The minimum atomic E-state index is -5.08. The Balaban J connectivity index is 0.000000277. The Labute approximate surface area is 142 Å². The molecule has 0 spiro atoms. The number of nitrogens with zero attached hydrogens (tertiary/aromatic N) is 1. The molecular weight excluding hydrogens is 344 g/mol. The number of alkyl halides is 4. The maximum Gasteiger partial charge on any atom is 0.490 e. The third kappa shape index (κ3) is 6.15. The van der Waals surface area contributed by atoms with Gasteiger partial charge >= 0.3 is 12.1 Å². The maximum absolute atomic E-state index is 12.3. The number of aromatic nitrogens is 1. The predicted octanol–water partition coefficient (Wildman–Crippen LogP) is 2.92. The van der Waals surface area contributed by atoms with Gasteiger partial charge in [-0.3, -0.25) is 9.37 Å². The van der Waals surface area contributed by atoms with Gasteiger partial charge in [0.25, 0.3) is 0 Å². The minimum Gasteiger partial charge on any atom is -0.490 e. The van der Waals surface area contributed by atoms with Gasteiger partial charge in [-0.2, -0.15) is 13.2 Å². The van der Waals surface area contributed by atoms with Crippen molar-refractivity contribution >= 4 is 5.97 Å². The zero-order valence-corrected chi connectivity index (χ0v) is 13.4. The highest BCUT2D eigenvalue weighted by Gasteiger charge is 2.38. The quantitative estimate of drug-likeness (QED) is 0.760. The lowest BCUT2D eigenvalue weighted by Crippen LogP contribution is -2.46. The number of nitrogens with one attached hydrogen (secondary N) is 1. The molecule has 0 amide bonds. The van der Waals surface area contributed by atoms with E-state index >= 15 is 0 Å². The fraction of sp³-hybridized carbons (Fsp3) is 0.625. The van der Waals surface area contributed by atoms with E-state index in [0.29, 0.717) is 30.9 Å². The summed E-state index contributed by atoms with van der Waals surface area (Å²) in [7, 11) is 0. The molecule has 5 nitrogen and oxygen atoms in total. The molecule has 2 N–H and O–H groups in total. The van der Waals surface area contributed by atoms with Crippen molar-refractivity contribution in [2.45, 2.75) is 37.4 Å². The van der Waals surface area contributed by atoms with Gasteiger partial charge in [0.2, 0.25) is 0 Å². The average molecular weight is 364 g/mol. The van der Waals surface area contributed by atoms with Crippen LogP contribution in [-0.2, 0) is 4.79 Å². The van der Waals surface area contributed by atoms with Crippen LogP contribution < -0.4 is 10.1 Å². The van der Waals surface area contributed by atoms with E-state index in [1.807, 2.05) is 6.20 Å². The Morgan fingerprint density at radius 3 is 2.60 bits per heavy atom. The molecule has 25 heavy (non-hydrogen) atoms. The molecule has 140 valence electrons. The van der Waals surface area contributed by atoms with E-state index in [4.69, 9.17) is 14.6 Å². The maximum atomic E-state index is 12.3. The van der Waals surface area contributed by atoms with Crippen molar-refractivity contribution < 1.29 is 32.2 Å². The van der Waals surface area contributed by atoms with Crippen molar-refractivity contribution in [3.05, 3.63) is 24.0 Å². The van der Waals surface area contributed by atoms with Crippen LogP contribution >= 0.6 is 0 Å². The highest BCUT2D eigenvalue weighted by molar-refractivity contribution is 5.73. The normalized spacial score (nSPS) is 24.6. The number of carbonyl (C=O) groups is 1. The van der Waals surface area contributed by atoms with Crippen molar-refractivity contribution in [1.82, 2.24) is 10.3 Å². The predicted molar refractivity (Wildman–Crippen MR) is 81.3 cm³/mol. The Kier molecular flexibility index (Phi) is 6.57. The number of carboxylic acid groups (broad SMARTS) is 1. The largest absolute Gasteiger partial charge is 0.490 e. The monoisotopic (exact) mass is 364 g/mol. The van der Waals surface area contributed by atoms with Crippen LogP contribution in [0.4, 0.5) is 17.6 Å². The lowest BCUT2D eigenvalue weighted by atomic mass is 10.1. The summed E-state index contributed by atoms with van der Waals surface area (Å²) < 4.78 is 49.7. The molecule has 0 bridgehead atoms. The van der Waals surface area contributed by atoms with Crippen molar-refractivity contribution in [1.29, 1.82) is 0 Å². The van der Waals surface area contributed by atoms with Crippen LogP contribution in [0.15, 0.2) is 18.5 Å². The second kappa shape index (κ2) is 8.46. The van der Waals surface area contributed by atoms with Crippen LogP contribution in [0.5, 0.6) is 5.75 Å². The minimum absolute atomic E-state index is 0.210. The standard InChI is InChI=1S/C14H19FN2O.C2HF3O2/c15-3-1-10-6-14(10)11-5-13(8-16-7-11)18-9-12-2-4-17-12;3-2(4,5)1(6)7/h5,7-8,10,12,14,17H,1-4,6,9H2;(H,6,7)/t10-,12-,14-;/m0./s1. The molecule has 0 aromatic carbocycles. The summed E-state index contributed by atoms with van der Waals surface area (Å²) in [5.74, 6) is -0.904. The first kappa shape index (κ1) is 19.4. The number of halogens is 4. The smallest absolute Gasteiger partial charge is 0.490 e. The second-order valence-electron chi connectivity index (χ2n) is 6.09. The molecule has 0 radical (unpaired) electrons. The second-order valence-corrected chi connectivity index (χ2v) is 6.09. The first-order valence-electron chi connectivity index (χ1n) is 7.98. The van der Waals surface area contributed by atoms with E-state index < -0.39 is 12.1 Å². The zero-order chi connectivity index (χ0) is 18.4. The number of ether oxygens (including phenoxy) is 1. The van der Waals surface area contributed by atoms with Gasteiger partial charge in [-0.05, 0) is 49.3 Å². The van der Waals surface area contributed by atoms with Crippen LogP contribution in [0.3, 0.4) is 0 Å². The van der Waals surface area contributed by atoms with Gasteiger partial charge in [0.15, 0.2) is 0 Å². The van der Waals surface area contributed by atoms with Gasteiger partial charge in [-0.15, -0.1) is 0 Å². The van der Waals surface area contributed by atoms with Gasteiger partial charge in [0.1, 0.15) is 12.4 Å². The Morgan fingerprint density at radius 2 is 2.08 bits per heavy atom. The van der Waals surface area contributed by atoms with E-state index in [0.717, 1.165) is 18.7 Å². The Hall–Kier alpha value is -1.90. The van der Waals surface area contributed by atoms with E-state index in [2.05, 4.69) is 16.4 Å². The topological polar surface area (TPSA) is 71.5 Å². The summed E-state index contributed by atoms with van der Waals surface area (Å²) in [5.41, 5.74) is 1.20. The summed E-state index contributed by atoms with van der Waals surface area (Å²) in [4.78, 5) is 13.1. The van der Waals surface area contributed by atoms with Crippen LogP contribution in [0, 0.1) is 5.92 Å². The summed E-state index contributed by atoms with van der Waals surface area (Å²) in [6.45, 7) is 1.60. The third-order valence-electron chi connectivity index (χ3n) is 4.18. The van der Waals surface area contributed by atoms with Gasteiger partial charge in [0.05, 0.1) is 12.9 Å². The number of rotatable bonds is 6. The Morgan fingerprint density at radius 1 is 1.40 bits per heavy atom. The third-order valence-corrected chi connectivity index (χ3v) is 4.18. The molecule has 1 aliphatic heterocycles. The Bertz CT molecular complexity index is 579. The van der Waals surface area contributed by atoms with E-state index in [9.17, 15) is 17.6 Å². The number of carboxylic acids is 1. The first-order valence-corrected chi connectivity index (χ1v) is 7.98. The van der Waals surface area contributed by atoms with E-state index in [1.165, 1.54) is 12.0 Å². The summed E-state index contributed by atoms with van der Waals surface area (Å²) in [5, 5.41) is 10.4. The molecule has 1 aliphatic carbocycles. The van der Waals surface area contributed by atoms with Crippen molar-refractivity contribution in [3.63, 3.8) is 0 Å². The molecule has 0 unspecified atom stereocenters. The van der Waals surface area contributed by atoms with Crippen LogP contribution in [0.2, 0.25) is 0 Å². The average Bonchev–Trinajstić information content (AvgIpc) is 3.25. The molecule has 1 aromatic rings. The summed E-state index contributed by atoms with van der Waals surface area (Å²) >= 11 is 0. The van der Waals surface area contributed by atoms with Crippen molar-refractivity contribution in [2.24, 2.45) is 5.92 Å². The fourth-order valence-corrected chi connectivity index (χ4v) is 2.52. The van der Waals surface area contributed by atoms with Crippen LogP contribution in [-0.4, -0.2) is 48.1 Å². The number of pyridine rings is 1. The highest BCUT2D eigenvalue weighted by atomic mass is 19.4. The lowest BCUT2D eigenvalue weighted by Gasteiger charge is -2.27. The number of aliphatic carboxylic acids is 1. The highest BCUT2D eigenvalue weighted by Crippen LogP contribution is 2.49. The molecule has 1 aromatic heterocycles. The molecule has 3 atom stereocenters. The van der Waals surface area contributed by atoms with Gasteiger partial charge in [-0.25, -0.2) is 4.79 Å². The summed E-state index contributed by atoms with van der Waals surface area (Å²) in [6.07, 6.45) is 1.53. The molecule has 3 rings (SSSR count). The molecular formula is C16H20F4N2O3. The van der Waals surface area contributed by atoms with Gasteiger partial charge in [0, 0.05) is 12.2 Å². The fourth-order valence-electron chi connectivity index (χ4n) is 2.52. The molecule has 2 fully saturated rings. The molecule has 2 aliphatic rings. The van der Waals surface area contributed by atoms with Crippen LogP contribution in [0.1, 0.15) is 30.7 Å². The van der Waals surface area contributed by atoms with Crippen LogP contribution in [0.25, 0.3) is 0 Å². The summed E-state index contributed by atoms with van der Waals surface area (Å²) in [6, 6.07) is 2.56. The molecule has 9 heteroatoms. The molecule has 2 heterocycles. The number of hydrogen-bond donors (Lipinski definition) is 2. The van der Waals surface area contributed by atoms with Gasteiger partial charge < -0.3 is 15.2 Å². The van der Waals surface area contributed by atoms with E-state index in [-0.39, 0.29) is 6.67 Å². The first-order chi connectivity index (χ1) is 11.8. The molecule has 1 saturated heterocycles. The number of hydrogen-bond acceptors (Lipinski definition) is 4. The zero-order valence-electron chi connectivity index (χ0n) is 13.4. The van der Waals surface area contributed by atoms with E-state index in [1.54, 1.807) is 6.20 Å². The molecule has 1 saturated carbocycles. The van der Waals surface area contributed by atoms with Gasteiger partial charge in [-0.1, -0.05) is 0 Å².